The normalized spacial score (nSPS) is 10.7. The van der Waals surface area contributed by atoms with Gasteiger partial charge in [-0.25, -0.2) is 19.4 Å². The van der Waals surface area contributed by atoms with Crippen molar-refractivity contribution < 1.29 is 57.8 Å². The first-order chi connectivity index (χ1) is 16.7. The first-order valence-corrected chi connectivity index (χ1v) is 11.0. The van der Waals surface area contributed by atoms with Crippen molar-refractivity contribution in [3.05, 3.63) is 24.3 Å². The monoisotopic (exact) mass is 506 g/mol. The fourth-order valence-electron chi connectivity index (χ4n) is 1.74. The predicted octanol–water partition coefficient (Wildman–Crippen LogP) is 1.49. The zero-order valence-corrected chi connectivity index (χ0v) is 21.1. The maximum absolute atomic E-state index is 11.1. The summed E-state index contributed by atoms with van der Waals surface area (Å²) in [6, 6.07) is 0. The lowest BCUT2D eigenvalue weighted by molar-refractivity contribution is -0.282. The van der Waals surface area contributed by atoms with Gasteiger partial charge in [0.25, 0.3) is 0 Å². The summed E-state index contributed by atoms with van der Waals surface area (Å²) in [6.45, 7) is 13.0. The number of hydrogen-bond donors (Lipinski definition) is 1. The van der Waals surface area contributed by atoms with Crippen LogP contribution in [0.3, 0.4) is 0 Å². The van der Waals surface area contributed by atoms with Crippen LogP contribution in [0.5, 0.6) is 0 Å². The molecule has 202 valence electrons. The van der Waals surface area contributed by atoms with E-state index in [0.717, 1.165) is 6.08 Å². The molecular weight excluding hydrogens is 468 g/mol. The third-order valence-electron chi connectivity index (χ3n) is 3.21. The molecule has 0 aliphatic carbocycles. The molecule has 0 rings (SSSR count). The SMILES string of the molecule is C=CC(=O)OCC.CCOC(=O)CC(C=O)C(=O)OCC.CCOOC/C=C(/CO)C(=O)OCC. The zero-order chi connectivity index (χ0) is 27.5. The molecule has 0 fully saturated rings. The Bertz CT molecular complexity index is 642. The van der Waals surface area contributed by atoms with Crippen molar-refractivity contribution in [2.24, 2.45) is 5.92 Å². The Morgan fingerprint density at radius 3 is 1.80 bits per heavy atom. The van der Waals surface area contributed by atoms with Crippen molar-refractivity contribution in [2.45, 2.75) is 41.0 Å². The first kappa shape index (κ1) is 36.5. The Balaban J connectivity index is -0.000000465. The molecule has 35 heavy (non-hydrogen) atoms. The molecule has 0 heterocycles. The molecule has 0 aromatic heterocycles. The molecule has 0 aromatic rings. The molecule has 1 atom stereocenters. The van der Waals surface area contributed by atoms with Crippen molar-refractivity contribution in [1.29, 1.82) is 0 Å². The molecule has 1 N–H and O–H groups in total. The summed E-state index contributed by atoms with van der Waals surface area (Å²) in [4.78, 5) is 62.8. The van der Waals surface area contributed by atoms with Gasteiger partial charge in [0.05, 0.1) is 51.6 Å². The summed E-state index contributed by atoms with van der Waals surface area (Å²) in [5.41, 5.74) is 0.173. The van der Waals surface area contributed by atoms with Gasteiger partial charge in [-0.05, 0) is 40.7 Å². The molecule has 0 amide bonds. The average Bonchev–Trinajstić information content (AvgIpc) is 2.84. The highest BCUT2D eigenvalue weighted by Crippen LogP contribution is 2.04. The number of carbonyl (C=O) groups excluding carboxylic acids is 5. The standard InChI is InChI=1S/C9H14O5.C9H16O5.C5H8O2/c1-3-13-8(11)5-7(6-10)9(12)14-4-2;1-3-12-9(11)8(7-10)5-6-14-13-4-2;1-3-5(6)7-4-2/h6-7H,3-5H2,1-2H3;5,10H,3-4,6-7H2,1-2H3;3H,1,4H2,2H3/b;8-5-;. The van der Waals surface area contributed by atoms with E-state index in [9.17, 15) is 24.0 Å². The van der Waals surface area contributed by atoms with Crippen LogP contribution >= 0.6 is 0 Å². The molecule has 0 saturated heterocycles. The number of carbonyl (C=O) groups is 5. The van der Waals surface area contributed by atoms with Crippen LogP contribution in [-0.4, -0.2) is 81.5 Å². The molecule has 0 radical (unpaired) electrons. The molecule has 0 aromatic carbocycles. The van der Waals surface area contributed by atoms with Gasteiger partial charge in [-0.15, -0.1) is 0 Å². The van der Waals surface area contributed by atoms with Gasteiger partial charge >= 0.3 is 23.9 Å². The van der Waals surface area contributed by atoms with Crippen LogP contribution in [0, 0.1) is 5.92 Å². The fourth-order valence-corrected chi connectivity index (χ4v) is 1.74. The van der Waals surface area contributed by atoms with E-state index in [1.165, 1.54) is 6.08 Å². The molecule has 1 unspecified atom stereocenters. The van der Waals surface area contributed by atoms with Gasteiger partial charge in [0.2, 0.25) is 0 Å². The quantitative estimate of drug-likeness (QED) is 0.0499. The largest absolute Gasteiger partial charge is 0.466 e. The summed E-state index contributed by atoms with van der Waals surface area (Å²) >= 11 is 0. The molecule has 12 nitrogen and oxygen atoms in total. The molecule has 0 saturated carbocycles. The van der Waals surface area contributed by atoms with Crippen molar-refractivity contribution >= 4 is 30.2 Å². The van der Waals surface area contributed by atoms with Gasteiger partial charge < -0.3 is 28.8 Å². The summed E-state index contributed by atoms with van der Waals surface area (Å²) in [7, 11) is 0. The van der Waals surface area contributed by atoms with Gasteiger partial charge in [-0.3, -0.25) is 9.59 Å². The Kier molecular flexibility index (Phi) is 28.3. The topological polar surface area (TPSA) is 161 Å². The lowest BCUT2D eigenvalue weighted by atomic mass is 10.1. The van der Waals surface area contributed by atoms with Crippen LogP contribution < -0.4 is 0 Å². The number of aliphatic hydroxyl groups is 1. The second-order valence-electron chi connectivity index (χ2n) is 5.76. The summed E-state index contributed by atoms with van der Waals surface area (Å²) in [6.07, 6.45) is 2.71. The van der Waals surface area contributed by atoms with Crippen molar-refractivity contribution in [3.8, 4) is 0 Å². The number of ether oxygens (including phenoxy) is 4. The van der Waals surface area contributed by atoms with Crippen molar-refractivity contribution in [1.82, 2.24) is 0 Å². The van der Waals surface area contributed by atoms with Gasteiger partial charge in [0.1, 0.15) is 18.8 Å². The third-order valence-corrected chi connectivity index (χ3v) is 3.21. The van der Waals surface area contributed by atoms with Gasteiger partial charge in [-0.2, -0.15) is 0 Å². The second kappa shape index (κ2) is 27.2. The van der Waals surface area contributed by atoms with Crippen LogP contribution in [0.25, 0.3) is 0 Å². The summed E-state index contributed by atoms with van der Waals surface area (Å²) in [5, 5.41) is 8.81. The van der Waals surface area contributed by atoms with Crippen LogP contribution in [0.4, 0.5) is 0 Å². The predicted molar refractivity (Wildman–Crippen MR) is 124 cm³/mol. The number of hydrogen-bond acceptors (Lipinski definition) is 12. The van der Waals surface area contributed by atoms with E-state index in [4.69, 9.17) is 5.11 Å². The van der Waals surface area contributed by atoms with E-state index in [1.807, 2.05) is 0 Å². The fraction of sp³-hybridized carbons (Fsp3) is 0.609. The summed E-state index contributed by atoms with van der Waals surface area (Å²) in [5.74, 6) is -3.19. The van der Waals surface area contributed by atoms with Gasteiger partial charge in [0.15, 0.2) is 0 Å². The number of aliphatic hydroxyl groups excluding tert-OH is 1. The van der Waals surface area contributed by atoms with Crippen LogP contribution in [0.2, 0.25) is 0 Å². The van der Waals surface area contributed by atoms with E-state index in [1.54, 1.807) is 34.6 Å². The molecule has 12 heteroatoms. The Hall–Kier alpha value is -3.09. The Morgan fingerprint density at radius 1 is 0.829 bits per heavy atom. The molecular formula is C23H38O12. The molecule has 0 aliphatic heterocycles. The summed E-state index contributed by atoms with van der Waals surface area (Å²) < 4.78 is 18.3. The smallest absolute Gasteiger partial charge is 0.336 e. The second-order valence-corrected chi connectivity index (χ2v) is 5.76. The molecule has 0 aliphatic rings. The van der Waals surface area contributed by atoms with E-state index >= 15 is 0 Å². The molecule has 0 spiro atoms. The van der Waals surface area contributed by atoms with Crippen molar-refractivity contribution in [2.75, 3.05) is 46.2 Å². The van der Waals surface area contributed by atoms with E-state index in [0.29, 0.717) is 19.5 Å². The van der Waals surface area contributed by atoms with Crippen LogP contribution in [0.1, 0.15) is 41.0 Å². The minimum Gasteiger partial charge on any atom is -0.466 e. The van der Waals surface area contributed by atoms with E-state index in [2.05, 4.69) is 35.3 Å². The highest BCUT2D eigenvalue weighted by molar-refractivity contribution is 5.92. The number of rotatable bonds is 15. The van der Waals surface area contributed by atoms with Gasteiger partial charge in [0, 0.05) is 6.08 Å². The van der Waals surface area contributed by atoms with Crippen LogP contribution in [0.15, 0.2) is 24.3 Å². The highest BCUT2D eigenvalue weighted by Gasteiger charge is 2.23. The Morgan fingerprint density at radius 2 is 1.40 bits per heavy atom. The minimum atomic E-state index is -1.05. The average molecular weight is 507 g/mol. The Labute approximate surface area is 206 Å². The number of aldehydes is 1. The van der Waals surface area contributed by atoms with E-state index < -0.39 is 23.8 Å². The van der Waals surface area contributed by atoms with E-state index in [-0.39, 0.29) is 51.0 Å². The van der Waals surface area contributed by atoms with Crippen molar-refractivity contribution in [3.63, 3.8) is 0 Å². The zero-order valence-electron chi connectivity index (χ0n) is 21.1. The lowest BCUT2D eigenvalue weighted by Gasteiger charge is -2.08. The minimum absolute atomic E-state index is 0.114. The lowest BCUT2D eigenvalue weighted by Crippen LogP contribution is -2.23. The maximum atomic E-state index is 11.1. The maximum Gasteiger partial charge on any atom is 0.336 e. The van der Waals surface area contributed by atoms with Gasteiger partial charge in [-0.1, -0.05) is 6.58 Å². The third kappa shape index (κ3) is 23.9. The number of esters is 4. The molecule has 0 bridgehead atoms. The van der Waals surface area contributed by atoms with Crippen LogP contribution in [-0.2, 0) is 52.7 Å². The first-order valence-electron chi connectivity index (χ1n) is 11.0. The highest BCUT2D eigenvalue weighted by atomic mass is 17.2.